The summed E-state index contributed by atoms with van der Waals surface area (Å²) in [6.07, 6.45) is 5.48. The van der Waals surface area contributed by atoms with E-state index in [0.29, 0.717) is 12.1 Å². The Hall–Kier alpha value is -0.860. The minimum absolute atomic E-state index is 0.600. The summed E-state index contributed by atoms with van der Waals surface area (Å²) in [4.78, 5) is 2.74. The molecule has 116 valence electrons. The number of likely N-dealkylation sites (tertiary alicyclic amines) is 1. The van der Waals surface area contributed by atoms with E-state index in [1.54, 1.807) is 11.1 Å². The largest absolute Gasteiger partial charge is 0.319 e. The van der Waals surface area contributed by atoms with Crippen LogP contribution in [0.4, 0.5) is 0 Å². The van der Waals surface area contributed by atoms with Gasteiger partial charge in [0.2, 0.25) is 0 Å². The fraction of sp³-hybridized carbons (Fsp3) is 0.684. The van der Waals surface area contributed by atoms with Gasteiger partial charge in [0.15, 0.2) is 0 Å². The van der Waals surface area contributed by atoms with Crippen LogP contribution in [0, 0.1) is 5.92 Å². The van der Waals surface area contributed by atoms with Crippen LogP contribution in [0.5, 0.6) is 0 Å². The molecule has 0 aromatic heterocycles. The molecule has 1 saturated carbocycles. The standard InChI is InChI=1S/C19H30N2/c1-14(2)21-12-6-7-16(13-20-3)19(21)18-9-5-4-8-17(18)15-10-11-15/h4-5,8-9,14-16,19-20H,6-7,10-13H2,1-3H3. The van der Waals surface area contributed by atoms with Crippen molar-refractivity contribution in [2.24, 2.45) is 5.92 Å². The Balaban J connectivity index is 1.96. The highest BCUT2D eigenvalue weighted by Gasteiger charge is 2.37. The highest BCUT2D eigenvalue weighted by atomic mass is 15.2. The topological polar surface area (TPSA) is 15.3 Å². The van der Waals surface area contributed by atoms with Gasteiger partial charge in [0, 0.05) is 12.1 Å². The number of hydrogen-bond donors (Lipinski definition) is 1. The van der Waals surface area contributed by atoms with Gasteiger partial charge < -0.3 is 5.32 Å². The number of rotatable bonds is 5. The van der Waals surface area contributed by atoms with Crippen molar-refractivity contribution < 1.29 is 0 Å². The third-order valence-electron chi connectivity index (χ3n) is 5.26. The van der Waals surface area contributed by atoms with Gasteiger partial charge >= 0.3 is 0 Å². The second-order valence-corrected chi connectivity index (χ2v) is 7.14. The van der Waals surface area contributed by atoms with E-state index in [1.807, 2.05) is 0 Å². The first-order chi connectivity index (χ1) is 10.2. The molecule has 1 aliphatic heterocycles. The maximum absolute atomic E-state index is 3.43. The van der Waals surface area contributed by atoms with Crippen molar-refractivity contribution in [2.45, 2.75) is 57.5 Å². The normalized spacial score (nSPS) is 27.2. The van der Waals surface area contributed by atoms with E-state index >= 15 is 0 Å². The van der Waals surface area contributed by atoms with Gasteiger partial charge in [-0.25, -0.2) is 0 Å². The molecule has 21 heavy (non-hydrogen) atoms. The third kappa shape index (κ3) is 3.17. The quantitative estimate of drug-likeness (QED) is 0.882. The van der Waals surface area contributed by atoms with Crippen molar-refractivity contribution in [3.63, 3.8) is 0 Å². The molecule has 1 heterocycles. The molecule has 1 aliphatic carbocycles. The predicted octanol–water partition coefficient (Wildman–Crippen LogP) is 3.94. The van der Waals surface area contributed by atoms with E-state index in [2.05, 4.69) is 55.4 Å². The van der Waals surface area contributed by atoms with Gasteiger partial charge in [0.05, 0.1) is 0 Å². The minimum Gasteiger partial charge on any atom is -0.319 e. The number of hydrogen-bond acceptors (Lipinski definition) is 2. The summed E-state index contributed by atoms with van der Waals surface area (Å²) in [6, 6.07) is 10.5. The van der Waals surface area contributed by atoms with Gasteiger partial charge in [-0.3, -0.25) is 4.90 Å². The van der Waals surface area contributed by atoms with Crippen LogP contribution in [-0.2, 0) is 0 Å². The summed E-state index contributed by atoms with van der Waals surface area (Å²) in [5.74, 6) is 1.58. The Morgan fingerprint density at radius 2 is 1.86 bits per heavy atom. The molecule has 0 bridgehead atoms. The lowest BCUT2D eigenvalue weighted by Gasteiger charge is -2.44. The van der Waals surface area contributed by atoms with E-state index in [-0.39, 0.29) is 0 Å². The molecule has 1 aromatic rings. The van der Waals surface area contributed by atoms with Crippen molar-refractivity contribution in [3.8, 4) is 0 Å². The molecule has 2 fully saturated rings. The van der Waals surface area contributed by atoms with Gasteiger partial charge in [-0.1, -0.05) is 24.3 Å². The van der Waals surface area contributed by atoms with Crippen molar-refractivity contribution in [3.05, 3.63) is 35.4 Å². The zero-order valence-electron chi connectivity index (χ0n) is 13.8. The molecular weight excluding hydrogens is 256 g/mol. The summed E-state index contributed by atoms with van der Waals surface area (Å²) >= 11 is 0. The Morgan fingerprint density at radius 3 is 2.48 bits per heavy atom. The smallest absolute Gasteiger partial charge is 0.0393 e. The summed E-state index contributed by atoms with van der Waals surface area (Å²) in [5.41, 5.74) is 3.25. The van der Waals surface area contributed by atoms with E-state index in [1.165, 1.54) is 32.2 Å². The first-order valence-electron chi connectivity index (χ1n) is 8.71. The lowest BCUT2D eigenvalue weighted by molar-refractivity contribution is 0.0630. The molecule has 0 amide bonds. The van der Waals surface area contributed by atoms with Gasteiger partial charge in [0.1, 0.15) is 0 Å². The Labute approximate surface area is 129 Å². The number of nitrogens with one attached hydrogen (secondary N) is 1. The molecule has 2 atom stereocenters. The average Bonchev–Trinajstić information content (AvgIpc) is 3.32. The maximum atomic E-state index is 3.43. The molecule has 1 N–H and O–H groups in total. The maximum Gasteiger partial charge on any atom is 0.0393 e. The van der Waals surface area contributed by atoms with Crippen LogP contribution in [0.2, 0.25) is 0 Å². The molecular formula is C19H30N2. The van der Waals surface area contributed by atoms with Crippen LogP contribution in [0.3, 0.4) is 0 Å². The van der Waals surface area contributed by atoms with Crippen LogP contribution in [0.15, 0.2) is 24.3 Å². The Morgan fingerprint density at radius 1 is 1.14 bits per heavy atom. The van der Waals surface area contributed by atoms with E-state index in [0.717, 1.165) is 18.4 Å². The monoisotopic (exact) mass is 286 g/mol. The zero-order valence-corrected chi connectivity index (χ0v) is 13.8. The molecule has 2 aliphatic rings. The van der Waals surface area contributed by atoms with Crippen molar-refractivity contribution in [1.29, 1.82) is 0 Å². The molecule has 1 saturated heterocycles. The molecule has 2 nitrogen and oxygen atoms in total. The molecule has 0 radical (unpaired) electrons. The Bertz CT molecular complexity index is 462. The SMILES string of the molecule is CNCC1CCCN(C(C)C)C1c1ccccc1C1CC1. The highest BCUT2D eigenvalue weighted by molar-refractivity contribution is 5.36. The first kappa shape index (κ1) is 15.1. The molecule has 2 heteroatoms. The van der Waals surface area contributed by atoms with Crippen LogP contribution in [-0.4, -0.2) is 31.1 Å². The van der Waals surface area contributed by atoms with Crippen LogP contribution < -0.4 is 5.32 Å². The van der Waals surface area contributed by atoms with Crippen LogP contribution in [0.1, 0.15) is 62.6 Å². The molecule has 0 spiro atoms. The second-order valence-electron chi connectivity index (χ2n) is 7.14. The highest BCUT2D eigenvalue weighted by Crippen LogP contribution is 2.46. The Kier molecular flexibility index (Phi) is 4.66. The van der Waals surface area contributed by atoms with E-state index in [4.69, 9.17) is 0 Å². The lowest BCUT2D eigenvalue weighted by Crippen LogP contribution is -2.45. The fourth-order valence-corrected chi connectivity index (χ4v) is 4.14. The molecule has 2 unspecified atom stereocenters. The van der Waals surface area contributed by atoms with Crippen molar-refractivity contribution in [1.82, 2.24) is 10.2 Å². The zero-order chi connectivity index (χ0) is 14.8. The molecule has 1 aromatic carbocycles. The van der Waals surface area contributed by atoms with Crippen molar-refractivity contribution >= 4 is 0 Å². The number of nitrogens with zero attached hydrogens (tertiary/aromatic N) is 1. The van der Waals surface area contributed by atoms with E-state index < -0.39 is 0 Å². The molecule has 3 rings (SSSR count). The second kappa shape index (κ2) is 6.50. The van der Waals surface area contributed by atoms with E-state index in [9.17, 15) is 0 Å². The van der Waals surface area contributed by atoms with Gasteiger partial charge in [-0.2, -0.15) is 0 Å². The van der Waals surface area contributed by atoms with Gasteiger partial charge in [-0.15, -0.1) is 0 Å². The van der Waals surface area contributed by atoms with Gasteiger partial charge in [0.25, 0.3) is 0 Å². The van der Waals surface area contributed by atoms with Crippen LogP contribution in [0.25, 0.3) is 0 Å². The minimum atomic E-state index is 0.600. The fourth-order valence-electron chi connectivity index (χ4n) is 4.14. The van der Waals surface area contributed by atoms with Crippen molar-refractivity contribution in [2.75, 3.05) is 20.1 Å². The average molecular weight is 286 g/mol. The summed E-state index contributed by atoms with van der Waals surface area (Å²) in [7, 11) is 2.10. The lowest BCUT2D eigenvalue weighted by atomic mass is 9.81. The summed E-state index contributed by atoms with van der Waals surface area (Å²) in [5, 5.41) is 3.43. The predicted molar refractivity (Wildman–Crippen MR) is 89.7 cm³/mol. The third-order valence-corrected chi connectivity index (χ3v) is 5.26. The number of piperidine rings is 1. The van der Waals surface area contributed by atoms with Crippen LogP contribution >= 0.6 is 0 Å². The summed E-state index contributed by atoms with van der Waals surface area (Å²) in [6.45, 7) is 7.09. The van der Waals surface area contributed by atoms with Gasteiger partial charge in [-0.05, 0) is 82.6 Å². The summed E-state index contributed by atoms with van der Waals surface area (Å²) < 4.78 is 0. The number of benzene rings is 1. The first-order valence-corrected chi connectivity index (χ1v) is 8.71.